The average molecular weight is 241 g/mol. The van der Waals surface area contributed by atoms with Crippen molar-refractivity contribution in [1.29, 1.82) is 0 Å². The number of hydrogen-bond acceptors (Lipinski definition) is 3. The number of carbonyl (C=O) groups is 2. The van der Waals surface area contributed by atoms with Crippen molar-refractivity contribution in [2.45, 2.75) is 0 Å². The molecular formula is C10H9ClN2O3. The van der Waals surface area contributed by atoms with E-state index in [1.807, 2.05) is 0 Å². The van der Waals surface area contributed by atoms with Crippen LogP contribution < -0.4 is 10.9 Å². The molecule has 1 aromatic carbocycles. The van der Waals surface area contributed by atoms with Gasteiger partial charge in [0.15, 0.2) is 0 Å². The van der Waals surface area contributed by atoms with E-state index in [0.29, 0.717) is 10.7 Å². The van der Waals surface area contributed by atoms with Crippen LogP contribution in [-0.2, 0) is 9.59 Å². The van der Waals surface area contributed by atoms with Crippen molar-refractivity contribution in [3.8, 4) is 0 Å². The number of nitrogens with one attached hydrogen (secondary N) is 2. The lowest BCUT2D eigenvalue weighted by molar-refractivity contribution is -0.131. The van der Waals surface area contributed by atoms with E-state index in [0.717, 1.165) is 12.2 Å². The number of halogens is 1. The highest BCUT2D eigenvalue weighted by Gasteiger charge is 1.96. The van der Waals surface area contributed by atoms with Crippen LogP contribution in [0.15, 0.2) is 36.4 Å². The Labute approximate surface area is 96.7 Å². The van der Waals surface area contributed by atoms with Gasteiger partial charge in [-0.3, -0.25) is 15.6 Å². The molecule has 0 saturated heterocycles. The van der Waals surface area contributed by atoms with Gasteiger partial charge in [-0.05, 0) is 24.3 Å². The maximum atomic E-state index is 11.0. The van der Waals surface area contributed by atoms with Gasteiger partial charge < -0.3 is 5.11 Å². The number of rotatable bonds is 4. The predicted octanol–water partition coefficient (Wildman–Crippen LogP) is 1.42. The second-order valence-corrected chi connectivity index (χ2v) is 3.23. The third-order valence-corrected chi connectivity index (χ3v) is 1.80. The van der Waals surface area contributed by atoms with Gasteiger partial charge in [0.1, 0.15) is 0 Å². The minimum atomic E-state index is -1.18. The molecule has 0 aromatic heterocycles. The van der Waals surface area contributed by atoms with E-state index < -0.39 is 11.9 Å². The number of carbonyl (C=O) groups excluding carboxylic acids is 1. The third-order valence-electron chi connectivity index (χ3n) is 1.55. The van der Waals surface area contributed by atoms with Crippen LogP contribution in [0.5, 0.6) is 0 Å². The monoisotopic (exact) mass is 240 g/mol. The van der Waals surface area contributed by atoms with Crippen molar-refractivity contribution in [2.75, 3.05) is 5.43 Å². The number of aliphatic carboxylic acids is 1. The van der Waals surface area contributed by atoms with Gasteiger partial charge in [-0.2, -0.15) is 0 Å². The van der Waals surface area contributed by atoms with E-state index >= 15 is 0 Å². The molecule has 0 spiro atoms. The molecule has 0 bridgehead atoms. The summed E-state index contributed by atoms with van der Waals surface area (Å²) in [7, 11) is 0. The Bertz CT molecular complexity index is 415. The zero-order valence-electron chi connectivity index (χ0n) is 8.11. The van der Waals surface area contributed by atoms with E-state index in [1.165, 1.54) is 0 Å². The molecular weight excluding hydrogens is 232 g/mol. The highest BCUT2D eigenvalue weighted by molar-refractivity contribution is 6.30. The molecule has 0 atom stereocenters. The number of hydrazine groups is 1. The maximum Gasteiger partial charge on any atom is 0.328 e. The first-order valence-corrected chi connectivity index (χ1v) is 4.68. The van der Waals surface area contributed by atoms with Crippen molar-refractivity contribution in [3.63, 3.8) is 0 Å². The molecule has 6 heteroatoms. The van der Waals surface area contributed by atoms with Crippen molar-refractivity contribution in [3.05, 3.63) is 41.4 Å². The summed E-state index contributed by atoms with van der Waals surface area (Å²) in [6.07, 6.45) is 1.66. The van der Waals surface area contributed by atoms with Gasteiger partial charge in [-0.25, -0.2) is 4.79 Å². The van der Waals surface area contributed by atoms with Gasteiger partial charge >= 0.3 is 5.97 Å². The summed E-state index contributed by atoms with van der Waals surface area (Å²) in [6.45, 7) is 0. The lowest BCUT2D eigenvalue weighted by atomic mass is 10.3. The number of benzene rings is 1. The smallest absolute Gasteiger partial charge is 0.328 e. The fourth-order valence-electron chi connectivity index (χ4n) is 0.856. The topological polar surface area (TPSA) is 78.4 Å². The largest absolute Gasteiger partial charge is 0.478 e. The fraction of sp³-hybridized carbons (Fsp3) is 0. The molecule has 0 unspecified atom stereocenters. The van der Waals surface area contributed by atoms with Crippen LogP contribution in [0.4, 0.5) is 5.69 Å². The number of anilines is 1. The highest BCUT2D eigenvalue weighted by Crippen LogP contribution is 2.12. The highest BCUT2D eigenvalue weighted by atomic mass is 35.5. The Hall–Kier alpha value is -2.01. The van der Waals surface area contributed by atoms with E-state index in [4.69, 9.17) is 16.7 Å². The molecule has 1 aromatic rings. The number of hydrogen-bond donors (Lipinski definition) is 3. The molecule has 0 heterocycles. The lowest BCUT2D eigenvalue weighted by Gasteiger charge is -2.05. The molecule has 0 radical (unpaired) electrons. The van der Waals surface area contributed by atoms with Crippen LogP contribution in [0, 0.1) is 0 Å². The van der Waals surface area contributed by atoms with Crippen molar-refractivity contribution in [1.82, 2.24) is 5.43 Å². The molecule has 0 fully saturated rings. The van der Waals surface area contributed by atoms with Gasteiger partial charge in [-0.15, -0.1) is 0 Å². The second kappa shape index (κ2) is 5.77. The molecule has 1 rings (SSSR count). The van der Waals surface area contributed by atoms with E-state index in [-0.39, 0.29) is 0 Å². The first-order chi connectivity index (χ1) is 7.58. The van der Waals surface area contributed by atoms with Gasteiger partial charge in [0.2, 0.25) is 0 Å². The molecule has 0 saturated carbocycles. The van der Waals surface area contributed by atoms with Crippen molar-refractivity contribution < 1.29 is 14.7 Å². The summed E-state index contributed by atoms with van der Waals surface area (Å²) in [5.41, 5.74) is 5.52. The van der Waals surface area contributed by atoms with Gasteiger partial charge in [0, 0.05) is 17.2 Å². The lowest BCUT2D eigenvalue weighted by Crippen LogP contribution is -2.27. The number of carboxylic acid groups (broad SMARTS) is 1. The summed E-state index contributed by atoms with van der Waals surface area (Å²) in [6, 6.07) is 6.65. The SMILES string of the molecule is O=C(O)/C=C\C(=O)NNc1ccc(Cl)cc1. The van der Waals surface area contributed by atoms with Crippen molar-refractivity contribution in [2.24, 2.45) is 0 Å². The Morgan fingerprint density at radius 1 is 1.19 bits per heavy atom. The first kappa shape index (κ1) is 12.1. The van der Waals surface area contributed by atoms with Crippen LogP contribution in [0.2, 0.25) is 5.02 Å². The summed E-state index contributed by atoms with van der Waals surface area (Å²) in [5, 5.41) is 8.86. The normalized spacial score (nSPS) is 10.1. The van der Waals surface area contributed by atoms with Crippen LogP contribution in [0.25, 0.3) is 0 Å². The Kier molecular flexibility index (Phi) is 4.35. The van der Waals surface area contributed by atoms with Gasteiger partial charge in [0.05, 0.1) is 5.69 Å². The minimum absolute atomic E-state index is 0.558. The zero-order chi connectivity index (χ0) is 12.0. The van der Waals surface area contributed by atoms with E-state index in [9.17, 15) is 9.59 Å². The minimum Gasteiger partial charge on any atom is -0.478 e. The molecule has 0 aliphatic carbocycles. The van der Waals surface area contributed by atoms with Crippen LogP contribution in [0.1, 0.15) is 0 Å². The van der Waals surface area contributed by atoms with E-state index in [1.54, 1.807) is 24.3 Å². The Morgan fingerprint density at radius 2 is 1.81 bits per heavy atom. The summed E-state index contributed by atoms with van der Waals surface area (Å²) in [5.74, 6) is -1.74. The first-order valence-electron chi connectivity index (χ1n) is 4.30. The summed E-state index contributed by atoms with van der Waals surface area (Å²) >= 11 is 5.67. The van der Waals surface area contributed by atoms with Gasteiger partial charge in [-0.1, -0.05) is 11.6 Å². The standard InChI is InChI=1S/C10H9ClN2O3/c11-7-1-3-8(4-2-7)12-13-9(14)5-6-10(15)16/h1-6,12H,(H,13,14)(H,15,16)/b6-5-. The van der Waals surface area contributed by atoms with Crippen LogP contribution >= 0.6 is 11.6 Å². The van der Waals surface area contributed by atoms with Crippen LogP contribution in [0.3, 0.4) is 0 Å². The quantitative estimate of drug-likeness (QED) is 0.549. The zero-order valence-corrected chi connectivity index (χ0v) is 8.86. The molecule has 5 nitrogen and oxygen atoms in total. The third kappa shape index (κ3) is 4.47. The van der Waals surface area contributed by atoms with Gasteiger partial charge in [0.25, 0.3) is 5.91 Å². The molecule has 3 N–H and O–H groups in total. The maximum absolute atomic E-state index is 11.0. The Morgan fingerprint density at radius 3 is 2.38 bits per heavy atom. The fourth-order valence-corrected chi connectivity index (χ4v) is 0.982. The molecule has 84 valence electrons. The second-order valence-electron chi connectivity index (χ2n) is 2.79. The Balaban J connectivity index is 2.43. The van der Waals surface area contributed by atoms with Crippen LogP contribution in [-0.4, -0.2) is 17.0 Å². The van der Waals surface area contributed by atoms with Crippen molar-refractivity contribution >= 4 is 29.2 Å². The van der Waals surface area contributed by atoms with E-state index in [2.05, 4.69) is 10.9 Å². The summed E-state index contributed by atoms with van der Waals surface area (Å²) < 4.78 is 0. The number of carboxylic acids is 1. The molecule has 16 heavy (non-hydrogen) atoms. The predicted molar refractivity (Wildman–Crippen MR) is 60.0 cm³/mol. The summed E-state index contributed by atoms with van der Waals surface area (Å²) in [4.78, 5) is 21.2. The average Bonchev–Trinajstić information content (AvgIpc) is 2.25. The molecule has 0 aliphatic rings. The molecule has 1 amide bonds. The number of amides is 1. The molecule has 0 aliphatic heterocycles.